The van der Waals surface area contributed by atoms with Crippen LogP contribution in [-0.2, 0) is 14.3 Å². The van der Waals surface area contributed by atoms with Gasteiger partial charge in [-0.05, 0) is 94.1 Å². The molecule has 214 valence electrons. The van der Waals surface area contributed by atoms with E-state index in [1.165, 1.54) is 0 Å². The molecule has 0 aliphatic carbocycles. The molecule has 5 heteroatoms. The third-order valence-corrected chi connectivity index (χ3v) is 9.22. The van der Waals surface area contributed by atoms with Crippen molar-refractivity contribution in [2.75, 3.05) is 0 Å². The minimum atomic E-state index is -0.759. The molecular formula is C33H52O5. The van der Waals surface area contributed by atoms with Gasteiger partial charge in [0.05, 0.1) is 24.2 Å². The summed E-state index contributed by atoms with van der Waals surface area (Å²) in [6, 6.07) is 5.80. The number of benzene rings is 1. The molecule has 38 heavy (non-hydrogen) atoms. The second-order valence-corrected chi connectivity index (χ2v) is 12.5. The molecule has 0 radical (unpaired) electrons. The second-order valence-electron chi connectivity index (χ2n) is 12.5. The fourth-order valence-corrected chi connectivity index (χ4v) is 6.11. The van der Waals surface area contributed by atoms with Crippen molar-refractivity contribution < 1.29 is 24.1 Å². The summed E-state index contributed by atoms with van der Waals surface area (Å²) >= 11 is 0. The van der Waals surface area contributed by atoms with Gasteiger partial charge >= 0.3 is 5.97 Å². The van der Waals surface area contributed by atoms with Crippen LogP contribution in [0.15, 0.2) is 30.9 Å². The normalized spacial score (nSPS) is 30.8. The van der Waals surface area contributed by atoms with Crippen molar-refractivity contribution in [3.63, 3.8) is 0 Å². The second kappa shape index (κ2) is 13.6. The maximum Gasteiger partial charge on any atom is 0.316 e. The molecular weight excluding hydrogens is 476 g/mol. The van der Waals surface area contributed by atoms with Gasteiger partial charge in [-0.2, -0.15) is 0 Å². The molecule has 5 nitrogen and oxygen atoms in total. The first-order valence-electron chi connectivity index (χ1n) is 14.9. The average molecular weight is 529 g/mol. The van der Waals surface area contributed by atoms with E-state index in [4.69, 9.17) is 14.2 Å². The summed E-state index contributed by atoms with van der Waals surface area (Å²) in [6.07, 6.45) is 9.11. The van der Waals surface area contributed by atoms with Crippen LogP contribution in [0.5, 0.6) is 5.75 Å². The molecule has 2 saturated heterocycles. The molecule has 1 spiro atoms. The number of aliphatic hydroxyl groups excluding tert-OH is 1. The van der Waals surface area contributed by atoms with Crippen molar-refractivity contribution in [2.45, 2.75) is 124 Å². The topological polar surface area (TPSA) is 65.0 Å². The zero-order valence-electron chi connectivity index (χ0n) is 24.9. The van der Waals surface area contributed by atoms with Gasteiger partial charge in [-0.3, -0.25) is 4.79 Å². The van der Waals surface area contributed by atoms with Gasteiger partial charge in [0.2, 0.25) is 0 Å². The highest BCUT2D eigenvalue weighted by Gasteiger charge is 2.47. The van der Waals surface area contributed by atoms with Gasteiger partial charge in [0, 0.05) is 12.8 Å². The van der Waals surface area contributed by atoms with Gasteiger partial charge in [0.25, 0.3) is 0 Å². The van der Waals surface area contributed by atoms with Crippen LogP contribution in [0.1, 0.15) is 97.1 Å². The Morgan fingerprint density at radius 1 is 1.08 bits per heavy atom. The van der Waals surface area contributed by atoms with Crippen LogP contribution in [0.4, 0.5) is 0 Å². The fraction of sp³-hybridized carbons (Fsp3) is 0.727. The lowest BCUT2D eigenvalue weighted by Gasteiger charge is -2.51. The standard InChI is InChI=1S/C33H52O5/c1-9-21(2)13-16-29-22(3)17-19-33(37-29)20-18-26(7)31(38-33)25(6)14-15-28(34)27(8)32(35)36-30-23(4)11-10-12-24(30)5/h9-12,21-22,25-29,31,34H,1,13-20H2,2-8H3/t21-,22-,25-,26+,27+,28+,29+,31+,33-/m1/s1. The first-order valence-corrected chi connectivity index (χ1v) is 14.9. The van der Waals surface area contributed by atoms with Gasteiger partial charge in [0.15, 0.2) is 5.79 Å². The number of aryl methyl sites for hydroxylation is 2. The Morgan fingerprint density at radius 3 is 2.34 bits per heavy atom. The maximum absolute atomic E-state index is 12.8. The third kappa shape index (κ3) is 7.70. The number of hydrogen-bond donors (Lipinski definition) is 1. The van der Waals surface area contributed by atoms with Crippen molar-refractivity contribution in [1.29, 1.82) is 0 Å². The molecule has 2 fully saturated rings. The molecule has 1 aromatic rings. The van der Waals surface area contributed by atoms with Crippen molar-refractivity contribution in [3.8, 4) is 5.75 Å². The van der Waals surface area contributed by atoms with E-state index in [1.54, 1.807) is 6.92 Å². The SMILES string of the molecule is C=C[C@@H](C)CC[C@@H]1O[C@@]2(CC[C@H]1C)CC[C@H](C)[C@H]([C@H](C)CC[C@H](O)[C@H](C)C(=O)Oc1c(C)cccc1C)O2. The predicted molar refractivity (Wildman–Crippen MR) is 153 cm³/mol. The largest absolute Gasteiger partial charge is 0.426 e. The summed E-state index contributed by atoms with van der Waals surface area (Å²) in [7, 11) is 0. The lowest BCUT2D eigenvalue weighted by atomic mass is 9.79. The molecule has 2 heterocycles. The quantitative estimate of drug-likeness (QED) is 0.182. The summed E-state index contributed by atoms with van der Waals surface area (Å²) < 4.78 is 19.3. The van der Waals surface area contributed by atoms with Gasteiger partial charge in [-0.15, -0.1) is 6.58 Å². The first-order chi connectivity index (χ1) is 18.0. The number of carbonyl (C=O) groups is 1. The third-order valence-electron chi connectivity index (χ3n) is 9.22. The number of ether oxygens (including phenoxy) is 3. The minimum Gasteiger partial charge on any atom is -0.426 e. The van der Waals surface area contributed by atoms with Gasteiger partial charge in [0.1, 0.15) is 5.75 Å². The first kappa shape index (κ1) is 30.8. The van der Waals surface area contributed by atoms with Gasteiger partial charge in [-0.25, -0.2) is 0 Å². The molecule has 3 rings (SSSR count). The van der Waals surface area contributed by atoms with E-state index in [0.29, 0.717) is 29.9 Å². The summed E-state index contributed by atoms with van der Waals surface area (Å²) in [6.45, 7) is 18.5. The summed E-state index contributed by atoms with van der Waals surface area (Å²) in [4.78, 5) is 12.8. The van der Waals surface area contributed by atoms with Crippen molar-refractivity contribution in [2.24, 2.45) is 29.6 Å². The van der Waals surface area contributed by atoms with Crippen LogP contribution in [0.25, 0.3) is 0 Å². The Hall–Kier alpha value is -1.69. The lowest BCUT2D eigenvalue weighted by molar-refractivity contribution is -0.338. The van der Waals surface area contributed by atoms with E-state index in [-0.39, 0.29) is 24.1 Å². The Bertz CT molecular complexity index is 904. The molecule has 0 amide bonds. The van der Waals surface area contributed by atoms with Crippen LogP contribution in [0, 0.1) is 43.4 Å². The molecule has 1 aromatic carbocycles. The molecule has 2 aliphatic rings. The monoisotopic (exact) mass is 528 g/mol. The highest BCUT2D eigenvalue weighted by molar-refractivity contribution is 5.76. The van der Waals surface area contributed by atoms with Crippen molar-refractivity contribution >= 4 is 5.97 Å². The highest BCUT2D eigenvalue weighted by Crippen LogP contribution is 2.45. The van der Waals surface area contributed by atoms with Crippen molar-refractivity contribution in [3.05, 3.63) is 42.0 Å². The number of hydrogen-bond acceptors (Lipinski definition) is 5. The Morgan fingerprint density at radius 2 is 1.71 bits per heavy atom. The van der Waals surface area contributed by atoms with Crippen molar-refractivity contribution in [1.82, 2.24) is 0 Å². The minimum absolute atomic E-state index is 0.0778. The van der Waals surface area contributed by atoms with Crippen LogP contribution in [0.3, 0.4) is 0 Å². The Labute approximate surface area is 231 Å². The Balaban J connectivity index is 1.55. The summed E-state index contributed by atoms with van der Waals surface area (Å²) in [5, 5.41) is 10.9. The van der Waals surface area contributed by atoms with E-state index in [1.807, 2.05) is 38.1 Å². The maximum atomic E-state index is 12.8. The number of allylic oxidation sites excluding steroid dienone is 1. The average Bonchev–Trinajstić information content (AvgIpc) is 2.90. The number of aliphatic hydroxyl groups is 1. The lowest BCUT2D eigenvalue weighted by Crippen LogP contribution is -2.53. The predicted octanol–water partition coefficient (Wildman–Crippen LogP) is 7.55. The van der Waals surface area contributed by atoms with E-state index >= 15 is 0 Å². The molecule has 1 N–H and O–H groups in total. The highest BCUT2D eigenvalue weighted by atomic mass is 16.7. The van der Waals surface area contributed by atoms with Crippen LogP contribution in [-0.4, -0.2) is 35.2 Å². The van der Waals surface area contributed by atoms with Gasteiger partial charge in [-0.1, -0.05) is 52.0 Å². The number of rotatable bonds is 11. The van der Waals surface area contributed by atoms with Crippen LogP contribution in [0.2, 0.25) is 0 Å². The van der Waals surface area contributed by atoms with E-state index < -0.39 is 17.8 Å². The smallest absolute Gasteiger partial charge is 0.316 e. The van der Waals surface area contributed by atoms with E-state index in [0.717, 1.165) is 56.1 Å². The zero-order valence-corrected chi connectivity index (χ0v) is 24.9. The molecule has 0 aromatic heterocycles. The summed E-state index contributed by atoms with van der Waals surface area (Å²) in [5.41, 5.74) is 1.84. The molecule has 0 unspecified atom stereocenters. The molecule has 9 atom stereocenters. The van der Waals surface area contributed by atoms with E-state index in [9.17, 15) is 9.90 Å². The molecule has 2 aliphatic heterocycles. The van der Waals surface area contributed by atoms with E-state index in [2.05, 4.69) is 34.3 Å². The molecule has 0 bridgehead atoms. The number of para-hydroxylation sites is 1. The zero-order chi connectivity index (χ0) is 28.0. The summed E-state index contributed by atoms with van der Waals surface area (Å²) in [5.74, 6) is 0.846. The van der Waals surface area contributed by atoms with Crippen LogP contribution >= 0.6 is 0 Å². The Kier molecular flexibility index (Phi) is 11.0. The number of carbonyl (C=O) groups excluding carboxylic acids is 1. The van der Waals surface area contributed by atoms with Crippen LogP contribution < -0.4 is 4.74 Å². The fourth-order valence-electron chi connectivity index (χ4n) is 6.11. The molecule has 0 saturated carbocycles. The van der Waals surface area contributed by atoms with Gasteiger partial charge < -0.3 is 19.3 Å². The number of esters is 1.